The predicted molar refractivity (Wildman–Crippen MR) is 113 cm³/mol. The van der Waals surface area contributed by atoms with E-state index in [1.807, 2.05) is 13.8 Å². The van der Waals surface area contributed by atoms with Gasteiger partial charge in [-0.3, -0.25) is 14.2 Å². The number of aromatic nitrogens is 1. The van der Waals surface area contributed by atoms with Crippen LogP contribution in [0.5, 0.6) is 0 Å². The number of rotatable bonds is 4. The smallest absolute Gasteiger partial charge is 0.335 e. The Morgan fingerprint density at radius 1 is 0.966 bits per heavy atom. The van der Waals surface area contributed by atoms with Gasteiger partial charge in [0, 0.05) is 17.3 Å². The van der Waals surface area contributed by atoms with Crippen LogP contribution in [-0.2, 0) is 0 Å². The summed E-state index contributed by atoms with van der Waals surface area (Å²) in [6.45, 7) is 3.65. The van der Waals surface area contributed by atoms with E-state index < -0.39 is 11.9 Å². The van der Waals surface area contributed by atoms with Crippen molar-refractivity contribution in [1.29, 1.82) is 0 Å². The van der Waals surface area contributed by atoms with E-state index in [0.29, 0.717) is 10.7 Å². The first kappa shape index (κ1) is 20.6. The van der Waals surface area contributed by atoms with Crippen LogP contribution < -0.4 is 10.9 Å². The Balaban J connectivity index is 2.01. The Labute approximate surface area is 176 Å². The molecule has 0 fully saturated rings. The molecule has 0 saturated carbocycles. The molecule has 1 aromatic heterocycles. The molecule has 1 heterocycles. The molecule has 0 unspecified atom stereocenters. The first-order valence-corrected chi connectivity index (χ1v) is 9.27. The number of carbonyl (C=O) groups excluding carboxylic acids is 1. The van der Waals surface area contributed by atoms with Gasteiger partial charge in [-0.1, -0.05) is 23.2 Å². The Morgan fingerprint density at radius 3 is 2.21 bits per heavy atom. The fourth-order valence-corrected chi connectivity index (χ4v) is 3.52. The minimum atomic E-state index is -1.14. The maximum Gasteiger partial charge on any atom is 0.335 e. The van der Waals surface area contributed by atoms with Crippen LogP contribution >= 0.6 is 23.2 Å². The van der Waals surface area contributed by atoms with Crippen molar-refractivity contribution in [2.75, 3.05) is 5.32 Å². The fraction of sp³-hybridized carbons (Fsp3) is 0.0952. The van der Waals surface area contributed by atoms with Crippen molar-refractivity contribution < 1.29 is 14.7 Å². The number of halogens is 2. The molecule has 8 heteroatoms. The summed E-state index contributed by atoms with van der Waals surface area (Å²) in [6.07, 6.45) is 1.43. The molecule has 0 saturated heterocycles. The summed E-state index contributed by atoms with van der Waals surface area (Å²) in [5.41, 5.74) is 2.25. The maximum atomic E-state index is 12.7. The second kappa shape index (κ2) is 8.11. The molecule has 0 spiro atoms. The zero-order chi connectivity index (χ0) is 21.3. The second-order valence-electron chi connectivity index (χ2n) is 6.47. The van der Waals surface area contributed by atoms with Crippen molar-refractivity contribution in [3.63, 3.8) is 0 Å². The lowest BCUT2D eigenvalue weighted by Crippen LogP contribution is -2.22. The number of carboxylic acids is 1. The summed E-state index contributed by atoms with van der Waals surface area (Å²) in [5, 5.41) is 12.4. The lowest BCUT2D eigenvalue weighted by Gasteiger charge is -2.15. The lowest BCUT2D eigenvalue weighted by atomic mass is 10.1. The number of anilines is 1. The highest BCUT2D eigenvalue weighted by Gasteiger charge is 2.15. The first-order chi connectivity index (χ1) is 13.7. The minimum Gasteiger partial charge on any atom is -0.478 e. The molecule has 0 aliphatic carbocycles. The number of nitrogens with zero attached hydrogens (tertiary/aromatic N) is 1. The van der Waals surface area contributed by atoms with E-state index in [9.17, 15) is 14.4 Å². The zero-order valence-corrected chi connectivity index (χ0v) is 17.0. The van der Waals surface area contributed by atoms with Crippen molar-refractivity contribution in [1.82, 2.24) is 4.57 Å². The average molecular weight is 431 g/mol. The molecule has 29 heavy (non-hydrogen) atoms. The van der Waals surface area contributed by atoms with E-state index in [0.717, 1.165) is 11.1 Å². The summed E-state index contributed by atoms with van der Waals surface area (Å²) in [4.78, 5) is 36.3. The molecule has 0 bridgehead atoms. The molecular weight excluding hydrogens is 415 g/mol. The lowest BCUT2D eigenvalue weighted by molar-refractivity contribution is 0.0696. The van der Waals surface area contributed by atoms with E-state index in [2.05, 4.69) is 5.32 Å². The molecule has 0 aliphatic heterocycles. The molecular formula is C21H16Cl2N2O4. The van der Waals surface area contributed by atoms with Gasteiger partial charge >= 0.3 is 5.97 Å². The second-order valence-corrected chi connectivity index (χ2v) is 7.31. The number of carboxylic acid groups (broad SMARTS) is 1. The highest BCUT2D eigenvalue weighted by Crippen LogP contribution is 2.25. The Morgan fingerprint density at radius 2 is 1.59 bits per heavy atom. The number of aryl methyl sites for hydroxylation is 2. The monoisotopic (exact) mass is 430 g/mol. The van der Waals surface area contributed by atoms with Crippen molar-refractivity contribution in [2.24, 2.45) is 0 Å². The van der Waals surface area contributed by atoms with Crippen LogP contribution in [0, 0.1) is 13.8 Å². The van der Waals surface area contributed by atoms with E-state index in [1.165, 1.54) is 41.1 Å². The first-order valence-electron chi connectivity index (χ1n) is 8.51. The van der Waals surface area contributed by atoms with Gasteiger partial charge in [0.25, 0.3) is 11.5 Å². The Hall–Kier alpha value is -3.09. The number of carbonyl (C=O) groups is 2. The number of aromatic carboxylic acids is 1. The third kappa shape index (κ3) is 4.34. The van der Waals surface area contributed by atoms with Gasteiger partial charge in [0.05, 0.1) is 27.5 Å². The van der Waals surface area contributed by atoms with Gasteiger partial charge in [-0.05, 0) is 61.4 Å². The molecule has 3 rings (SSSR count). The summed E-state index contributed by atoms with van der Waals surface area (Å²) in [5.74, 6) is -1.67. The van der Waals surface area contributed by atoms with Gasteiger partial charge in [0.1, 0.15) is 0 Å². The number of hydrogen-bond acceptors (Lipinski definition) is 3. The normalized spacial score (nSPS) is 10.6. The van der Waals surface area contributed by atoms with E-state index in [-0.39, 0.29) is 27.4 Å². The molecule has 6 nitrogen and oxygen atoms in total. The van der Waals surface area contributed by atoms with Crippen LogP contribution in [0.2, 0.25) is 10.0 Å². The highest BCUT2D eigenvalue weighted by atomic mass is 35.5. The number of nitrogens with one attached hydrogen (secondary N) is 1. The third-order valence-corrected chi connectivity index (χ3v) is 4.88. The number of amides is 1. The van der Waals surface area contributed by atoms with Gasteiger partial charge in [0.15, 0.2) is 0 Å². The van der Waals surface area contributed by atoms with E-state index >= 15 is 0 Å². The molecule has 3 aromatic rings. The standard InChI is InChI=1S/C21H16Cl2N2O4/c1-11-7-15(22)8-12(2)19(11)25-10-14(4-6-18(25)26)20(27)24-17-9-13(21(28)29)3-5-16(17)23/h3-10H,1-2H3,(H,24,27)(H,28,29). The fourth-order valence-electron chi connectivity index (χ4n) is 3.03. The maximum absolute atomic E-state index is 12.7. The molecule has 1 amide bonds. The minimum absolute atomic E-state index is 0.0120. The van der Waals surface area contributed by atoms with Gasteiger partial charge in [-0.25, -0.2) is 4.79 Å². The predicted octanol–water partition coefficient (Wildman–Crippen LogP) is 4.71. The summed E-state index contributed by atoms with van der Waals surface area (Å²) in [7, 11) is 0. The molecule has 0 atom stereocenters. The van der Waals surface area contributed by atoms with E-state index in [4.69, 9.17) is 28.3 Å². The van der Waals surface area contributed by atoms with Gasteiger partial charge < -0.3 is 10.4 Å². The number of benzene rings is 2. The summed E-state index contributed by atoms with van der Waals surface area (Å²) < 4.78 is 1.38. The van der Waals surface area contributed by atoms with Gasteiger partial charge in [-0.2, -0.15) is 0 Å². The Kier molecular flexibility index (Phi) is 5.77. The topological polar surface area (TPSA) is 88.4 Å². The van der Waals surface area contributed by atoms with Crippen LogP contribution in [0.15, 0.2) is 53.5 Å². The highest BCUT2D eigenvalue weighted by molar-refractivity contribution is 6.34. The molecule has 2 aromatic carbocycles. The zero-order valence-electron chi connectivity index (χ0n) is 15.5. The van der Waals surface area contributed by atoms with Crippen LogP contribution in [0.1, 0.15) is 31.8 Å². The van der Waals surface area contributed by atoms with Crippen molar-refractivity contribution in [3.05, 3.63) is 91.3 Å². The number of hydrogen-bond donors (Lipinski definition) is 2. The van der Waals surface area contributed by atoms with Gasteiger partial charge in [0.2, 0.25) is 0 Å². The van der Waals surface area contributed by atoms with Crippen molar-refractivity contribution in [2.45, 2.75) is 13.8 Å². The summed E-state index contributed by atoms with van der Waals surface area (Å²) >= 11 is 12.1. The largest absolute Gasteiger partial charge is 0.478 e. The van der Waals surface area contributed by atoms with Gasteiger partial charge in [-0.15, -0.1) is 0 Å². The van der Waals surface area contributed by atoms with Crippen molar-refractivity contribution in [3.8, 4) is 5.69 Å². The van der Waals surface area contributed by atoms with Crippen LogP contribution in [0.4, 0.5) is 5.69 Å². The van der Waals surface area contributed by atoms with Crippen LogP contribution in [-0.4, -0.2) is 21.6 Å². The third-order valence-electron chi connectivity index (χ3n) is 4.33. The molecule has 148 valence electrons. The SMILES string of the molecule is Cc1cc(Cl)cc(C)c1-n1cc(C(=O)Nc2cc(C(=O)O)ccc2Cl)ccc1=O. The molecule has 0 radical (unpaired) electrons. The average Bonchev–Trinajstić information content (AvgIpc) is 2.63. The quantitative estimate of drug-likeness (QED) is 0.626. The number of pyridine rings is 1. The molecule has 0 aliphatic rings. The van der Waals surface area contributed by atoms with E-state index in [1.54, 1.807) is 12.1 Å². The van der Waals surface area contributed by atoms with Crippen molar-refractivity contribution >= 4 is 40.8 Å². The van der Waals surface area contributed by atoms with Crippen LogP contribution in [0.25, 0.3) is 5.69 Å². The molecule has 2 N–H and O–H groups in total. The summed E-state index contributed by atoms with van der Waals surface area (Å²) in [6, 6.07) is 10.2. The Bertz CT molecular complexity index is 1180. The van der Waals surface area contributed by atoms with Crippen LogP contribution in [0.3, 0.4) is 0 Å².